The molecule has 0 radical (unpaired) electrons. The third-order valence-electron chi connectivity index (χ3n) is 2.37. The standard InChI is InChI=1S/C12H11F2N3O/c13-8-2-1-3-9(14)12(8)10(18)6-17-11-7-15-4-5-16-11/h1-5,7,10,18H,6H2,(H,16,17). The Morgan fingerprint density at radius 1 is 1.22 bits per heavy atom. The van der Waals surface area contributed by atoms with Gasteiger partial charge in [-0.15, -0.1) is 0 Å². The number of hydrogen-bond acceptors (Lipinski definition) is 4. The van der Waals surface area contributed by atoms with Crippen LogP contribution in [0.25, 0.3) is 0 Å². The molecule has 0 aliphatic carbocycles. The molecule has 2 aromatic rings. The highest BCUT2D eigenvalue weighted by Gasteiger charge is 2.17. The zero-order valence-corrected chi connectivity index (χ0v) is 9.35. The highest BCUT2D eigenvalue weighted by Crippen LogP contribution is 2.20. The van der Waals surface area contributed by atoms with Gasteiger partial charge in [-0.2, -0.15) is 0 Å². The molecule has 4 nitrogen and oxygen atoms in total. The summed E-state index contributed by atoms with van der Waals surface area (Å²) >= 11 is 0. The van der Waals surface area contributed by atoms with Gasteiger partial charge in [-0.25, -0.2) is 13.8 Å². The van der Waals surface area contributed by atoms with E-state index >= 15 is 0 Å². The number of benzene rings is 1. The Labute approximate surface area is 102 Å². The molecule has 1 unspecified atom stereocenters. The Bertz CT molecular complexity index is 502. The summed E-state index contributed by atoms with van der Waals surface area (Å²) in [5, 5.41) is 12.5. The number of rotatable bonds is 4. The minimum atomic E-state index is -1.30. The van der Waals surface area contributed by atoms with Gasteiger partial charge in [0, 0.05) is 18.9 Å². The lowest BCUT2D eigenvalue weighted by atomic mass is 10.1. The van der Waals surface area contributed by atoms with Crippen LogP contribution in [0.5, 0.6) is 0 Å². The summed E-state index contributed by atoms with van der Waals surface area (Å²) in [6.45, 7) is -0.0590. The lowest BCUT2D eigenvalue weighted by Gasteiger charge is -2.13. The third-order valence-corrected chi connectivity index (χ3v) is 2.37. The predicted octanol–water partition coefficient (Wildman–Crippen LogP) is 1.90. The Kier molecular flexibility index (Phi) is 3.78. The maximum absolute atomic E-state index is 13.4. The van der Waals surface area contributed by atoms with Gasteiger partial charge in [-0.1, -0.05) is 6.07 Å². The number of aliphatic hydroxyl groups excluding tert-OH is 1. The molecule has 1 aromatic carbocycles. The molecule has 0 spiro atoms. The molecule has 0 amide bonds. The van der Waals surface area contributed by atoms with Crippen LogP contribution in [-0.2, 0) is 0 Å². The molecule has 1 atom stereocenters. The number of halogens is 2. The average molecular weight is 251 g/mol. The molecule has 0 bridgehead atoms. The van der Waals surface area contributed by atoms with Gasteiger partial charge in [0.05, 0.1) is 11.8 Å². The first-order valence-electron chi connectivity index (χ1n) is 5.30. The fourth-order valence-corrected chi connectivity index (χ4v) is 1.52. The summed E-state index contributed by atoms with van der Waals surface area (Å²) in [6.07, 6.45) is 3.12. The van der Waals surface area contributed by atoms with Crippen molar-refractivity contribution in [3.05, 3.63) is 54.0 Å². The summed E-state index contributed by atoms with van der Waals surface area (Å²) in [5.74, 6) is -1.12. The fraction of sp³-hybridized carbons (Fsp3) is 0.167. The molecule has 0 aliphatic heterocycles. The second kappa shape index (κ2) is 5.50. The van der Waals surface area contributed by atoms with E-state index in [0.29, 0.717) is 5.82 Å². The van der Waals surface area contributed by atoms with E-state index in [2.05, 4.69) is 15.3 Å². The number of anilines is 1. The monoisotopic (exact) mass is 251 g/mol. The van der Waals surface area contributed by atoms with Gasteiger partial charge < -0.3 is 10.4 Å². The van der Waals surface area contributed by atoms with Crippen LogP contribution in [0.1, 0.15) is 11.7 Å². The number of hydrogen-bond donors (Lipinski definition) is 2. The number of aliphatic hydroxyl groups is 1. The van der Waals surface area contributed by atoms with E-state index in [9.17, 15) is 13.9 Å². The van der Waals surface area contributed by atoms with Crippen LogP contribution in [0.4, 0.5) is 14.6 Å². The zero-order chi connectivity index (χ0) is 13.0. The number of nitrogens with zero attached hydrogens (tertiary/aromatic N) is 2. The van der Waals surface area contributed by atoms with Gasteiger partial charge in [0.2, 0.25) is 0 Å². The lowest BCUT2D eigenvalue weighted by molar-refractivity contribution is 0.181. The van der Waals surface area contributed by atoms with Crippen molar-refractivity contribution in [2.45, 2.75) is 6.10 Å². The number of nitrogens with one attached hydrogen (secondary N) is 1. The predicted molar refractivity (Wildman–Crippen MR) is 61.8 cm³/mol. The largest absolute Gasteiger partial charge is 0.386 e. The van der Waals surface area contributed by atoms with Crippen molar-refractivity contribution in [1.29, 1.82) is 0 Å². The van der Waals surface area contributed by atoms with E-state index in [1.807, 2.05) is 0 Å². The summed E-state index contributed by atoms with van der Waals surface area (Å²) in [7, 11) is 0. The summed E-state index contributed by atoms with van der Waals surface area (Å²) < 4.78 is 26.7. The highest BCUT2D eigenvalue weighted by molar-refractivity contribution is 5.31. The summed E-state index contributed by atoms with van der Waals surface area (Å²) in [4.78, 5) is 7.73. The molecular formula is C12H11F2N3O. The van der Waals surface area contributed by atoms with Gasteiger partial charge in [-0.05, 0) is 12.1 Å². The van der Waals surface area contributed by atoms with Gasteiger partial charge in [0.25, 0.3) is 0 Å². The molecule has 2 rings (SSSR count). The molecule has 1 aromatic heterocycles. The summed E-state index contributed by atoms with van der Waals surface area (Å²) in [6, 6.07) is 3.45. The second-order valence-corrected chi connectivity index (χ2v) is 3.62. The van der Waals surface area contributed by atoms with Gasteiger partial charge >= 0.3 is 0 Å². The Morgan fingerprint density at radius 2 is 1.94 bits per heavy atom. The highest BCUT2D eigenvalue weighted by atomic mass is 19.1. The van der Waals surface area contributed by atoms with Crippen LogP contribution in [-0.4, -0.2) is 21.6 Å². The third kappa shape index (κ3) is 2.78. The van der Waals surface area contributed by atoms with E-state index in [0.717, 1.165) is 12.1 Å². The molecule has 6 heteroatoms. The van der Waals surface area contributed by atoms with Crippen molar-refractivity contribution in [1.82, 2.24) is 9.97 Å². The average Bonchev–Trinajstić information content (AvgIpc) is 2.37. The van der Waals surface area contributed by atoms with Gasteiger partial charge in [-0.3, -0.25) is 4.98 Å². The molecule has 18 heavy (non-hydrogen) atoms. The fourth-order valence-electron chi connectivity index (χ4n) is 1.52. The van der Waals surface area contributed by atoms with E-state index in [-0.39, 0.29) is 12.1 Å². The molecule has 0 saturated carbocycles. The zero-order valence-electron chi connectivity index (χ0n) is 9.35. The van der Waals surface area contributed by atoms with E-state index < -0.39 is 17.7 Å². The van der Waals surface area contributed by atoms with Gasteiger partial charge in [0.1, 0.15) is 23.6 Å². The molecule has 0 aliphatic rings. The molecule has 0 saturated heterocycles. The van der Waals surface area contributed by atoms with Crippen LogP contribution in [0.2, 0.25) is 0 Å². The SMILES string of the molecule is OC(CNc1cnccn1)c1c(F)cccc1F. The van der Waals surface area contributed by atoms with Crippen molar-refractivity contribution in [2.75, 3.05) is 11.9 Å². The van der Waals surface area contributed by atoms with Crippen molar-refractivity contribution < 1.29 is 13.9 Å². The lowest BCUT2D eigenvalue weighted by Crippen LogP contribution is -2.15. The van der Waals surface area contributed by atoms with Crippen LogP contribution in [0, 0.1) is 11.6 Å². The molecule has 0 fully saturated rings. The van der Waals surface area contributed by atoms with Gasteiger partial charge in [0.15, 0.2) is 0 Å². The van der Waals surface area contributed by atoms with Crippen LogP contribution < -0.4 is 5.32 Å². The van der Waals surface area contributed by atoms with E-state index in [4.69, 9.17) is 0 Å². The van der Waals surface area contributed by atoms with Crippen molar-refractivity contribution in [2.24, 2.45) is 0 Å². The van der Waals surface area contributed by atoms with Crippen LogP contribution in [0.15, 0.2) is 36.8 Å². The molecule has 1 heterocycles. The van der Waals surface area contributed by atoms with Crippen molar-refractivity contribution in [3.8, 4) is 0 Å². The van der Waals surface area contributed by atoms with Crippen LogP contribution >= 0.6 is 0 Å². The summed E-state index contributed by atoms with van der Waals surface area (Å²) in [5.41, 5.74) is -0.353. The van der Waals surface area contributed by atoms with Crippen LogP contribution in [0.3, 0.4) is 0 Å². The smallest absolute Gasteiger partial charge is 0.144 e. The Balaban J connectivity index is 2.06. The minimum Gasteiger partial charge on any atom is -0.386 e. The van der Waals surface area contributed by atoms with Crippen molar-refractivity contribution >= 4 is 5.82 Å². The quantitative estimate of drug-likeness (QED) is 0.871. The number of aromatic nitrogens is 2. The Hall–Kier alpha value is -2.08. The first kappa shape index (κ1) is 12.4. The topological polar surface area (TPSA) is 58.0 Å². The first-order chi connectivity index (χ1) is 8.68. The minimum absolute atomic E-state index is 0.0590. The molecular weight excluding hydrogens is 240 g/mol. The first-order valence-corrected chi connectivity index (χ1v) is 5.30. The molecule has 2 N–H and O–H groups in total. The van der Waals surface area contributed by atoms with E-state index in [1.165, 1.54) is 24.7 Å². The molecule has 94 valence electrons. The van der Waals surface area contributed by atoms with E-state index in [1.54, 1.807) is 0 Å². The normalized spacial score (nSPS) is 12.2. The Morgan fingerprint density at radius 3 is 2.56 bits per heavy atom. The second-order valence-electron chi connectivity index (χ2n) is 3.62. The maximum atomic E-state index is 13.4. The maximum Gasteiger partial charge on any atom is 0.144 e. The van der Waals surface area contributed by atoms with Crippen molar-refractivity contribution in [3.63, 3.8) is 0 Å².